The number of nitrogens with one attached hydrogen (secondary N) is 2. The van der Waals surface area contributed by atoms with Gasteiger partial charge < -0.3 is 31.9 Å². The zero-order chi connectivity index (χ0) is 29.2. The Kier molecular flexibility index (Phi) is 9.29. The molecule has 0 saturated carbocycles. The normalized spacial score (nSPS) is 11.1. The molecule has 0 spiro atoms. The monoisotopic (exact) mass is 551 g/mol. The van der Waals surface area contributed by atoms with Crippen LogP contribution in [-0.2, 0) is 22.4 Å². The van der Waals surface area contributed by atoms with Gasteiger partial charge in [0, 0.05) is 17.7 Å². The largest absolute Gasteiger partial charge is 0.481 e. The van der Waals surface area contributed by atoms with Gasteiger partial charge in [-0.05, 0) is 71.8 Å². The topological polar surface area (TPSA) is 169 Å². The molecular formula is C31H29N5O5. The third-order valence-corrected chi connectivity index (χ3v) is 5.90. The molecule has 1 atom stereocenters. The Morgan fingerprint density at radius 2 is 1.49 bits per heavy atom. The van der Waals surface area contributed by atoms with Gasteiger partial charge in [-0.1, -0.05) is 42.5 Å². The van der Waals surface area contributed by atoms with Gasteiger partial charge in [-0.25, -0.2) is 4.99 Å². The van der Waals surface area contributed by atoms with E-state index in [9.17, 15) is 14.4 Å². The SMILES string of the molecule is NC(N)=Nc1ccc(C(=O)NC(Cc2cccc(Oc3ccccc3)c2)C(=O)Nc2ccc(CC(=O)O)cc2)cc1. The van der Waals surface area contributed by atoms with Crippen LogP contribution in [0.2, 0.25) is 0 Å². The van der Waals surface area contributed by atoms with E-state index in [1.165, 1.54) is 0 Å². The zero-order valence-electron chi connectivity index (χ0n) is 22.0. The fourth-order valence-corrected chi connectivity index (χ4v) is 3.99. The number of para-hydroxylation sites is 1. The second-order valence-corrected chi connectivity index (χ2v) is 9.13. The fraction of sp³-hybridized carbons (Fsp3) is 0.0968. The Labute approximate surface area is 236 Å². The van der Waals surface area contributed by atoms with Crippen molar-refractivity contribution >= 4 is 35.1 Å². The molecule has 0 bridgehead atoms. The highest BCUT2D eigenvalue weighted by Crippen LogP contribution is 2.23. The number of nitrogens with zero attached hydrogens (tertiary/aromatic N) is 1. The van der Waals surface area contributed by atoms with Crippen LogP contribution in [0.1, 0.15) is 21.5 Å². The van der Waals surface area contributed by atoms with Crippen molar-refractivity contribution in [2.75, 3.05) is 5.32 Å². The average Bonchev–Trinajstić information content (AvgIpc) is 2.94. The van der Waals surface area contributed by atoms with Gasteiger partial charge in [0.1, 0.15) is 17.5 Å². The molecule has 0 saturated heterocycles. The van der Waals surface area contributed by atoms with Crippen LogP contribution in [0, 0.1) is 0 Å². The van der Waals surface area contributed by atoms with Gasteiger partial charge in [0.25, 0.3) is 5.91 Å². The highest BCUT2D eigenvalue weighted by atomic mass is 16.5. The Morgan fingerprint density at radius 3 is 2.15 bits per heavy atom. The van der Waals surface area contributed by atoms with Crippen molar-refractivity contribution in [1.29, 1.82) is 0 Å². The number of guanidine groups is 1. The van der Waals surface area contributed by atoms with Gasteiger partial charge in [0.15, 0.2) is 5.96 Å². The molecule has 0 aliphatic heterocycles. The molecule has 0 heterocycles. The van der Waals surface area contributed by atoms with Gasteiger partial charge >= 0.3 is 5.97 Å². The summed E-state index contributed by atoms with van der Waals surface area (Å²) in [5.74, 6) is -0.709. The van der Waals surface area contributed by atoms with Gasteiger partial charge in [-0.3, -0.25) is 14.4 Å². The third kappa shape index (κ3) is 8.69. The lowest BCUT2D eigenvalue weighted by molar-refractivity contribution is -0.136. The van der Waals surface area contributed by atoms with Crippen molar-refractivity contribution in [3.8, 4) is 11.5 Å². The summed E-state index contributed by atoms with van der Waals surface area (Å²) in [5, 5.41) is 14.6. The number of rotatable bonds is 11. The molecule has 2 amide bonds. The number of aliphatic imine (C=N–C) groups is 1. The van der Waals surface area contributed by atoms with Crippen LogP contribution in [-0.4, -0.2) is 34.9 Å². The lowest BCUT2D eigenvalue weighted by atomic mass is 10.0. The minimum absolute atomic E-state index is 0.103. The first-order valence-electron chi connectivity index (χ1n) is 12.7. The Hall–Kier alpha value is -5.64. The Bertz CT molecular complexity index is 1530. The highest BCUT2D eigenvalue weighted by molar-refractivity contribution is 6.01. The summed E-state index contributed by atoms with van der Waals surface area (Å²) in [7, 11) is 0. The van der Waals surface area contributed by atoms with E-state index in [2.05, 4.69) is 15.6 Å². The molecule has 0 aliphatic rings. The van der Waals surface area contributed by atoms with Crippen LogP contribution in [0.4, 0.5) is 11.4 Å². The molecule has 4 aromatic rings. The molecule has 0 aromatic heterocycles. The smallest absolute Gasteiger partial charge is 0.307 e. The minimum atomic E-state index is -0.953. The summed E-state index contributed by atoms with van der Waals surface area (Å²) < 4.78 is 5.93. The number of ether oxygens (including phenoxy) is 1. The number of aliphatic carboxylic acids is 1. The van der Waals surface area contributed by atoms with E-state index in [0.29, 0.717) is 34.0 Å². The lowest BCUT2D eigenvalue weighted by Crippen LogP contribution is -2.45. The van der Waals surface area contributed by atoms with E-state index in [0.717, 1.165) is 5.56 Å². The maximum atomic E-state index is 13.4. The van der Waals surface area contributed by atoms with Crippen molar-refractivity contribution in [2.45, 2.75) is 18.9 Å². The summed E-state index contributed by atoms with van der Waals surface area (Å²) in [4.78, 5) is 41.4. The second kappa shape index (κ2) is 13.4. The molecule has 7 N–H and O–H groups in total. The van der Waals surface area contributed by atoms with Crippen molar-refractivity contribution < 1.29 is 24.2 Å². The number of anilines is 1. The van der Waals surface area contributed by atoms with Gasteiger partial charge in [0.05, 0.1) is 12.1 Å². The van der Waals surface area contributed by atoms with E-state index in [1.807, 2.05) is 48.5 Å². The summed E-state index contributed by atoms with van der Waals surface area (Å²) >= 11 is 0. The molecule has 10 heteroatoms. The Morgan fingerprint density at radius 1 is 0.805 bits per heavy atom. The van der Waals surface area contributed by atoms with Crippen LogP contribution in [0.3, 0.4) is 0 Å². The second-order valence-electron chi connectivity index (χ2n) is 9.13. The van der Waals surface area contributed by atoms with Crippen LogP contribution in [0.5, 0.6) is 11.5 Å². The number of hydrogen-bond acceptors (Lipinski definition) is 5. The molecule has 4 aromatic carbocycles. The minimum Gasteiger partial charge on any atom is -0.481 e. The average molecular weight is 552 g/mol. The van der Waals surface area contributed by atoms with Crippen LogP contribution < -0.4 is 26.8 Å². The molecule has 41 heavy (non-hydrogen) atoms. The Balaban J connectivity index is 1.53. The van der Waals surface area contributed by atoms with Crippen LogP contribution >= 0.6 is 0 Å². The lowest BCUT2D eigenvalue weighted by Gasteiger charge is -2.19. The number of nitrogens with two attached hydrogens (primary N) is 2. The number of carbonyl (C=O) groups is 3. The number of carboxylic acids is 1. The molecular weight excluding hydrogens is 522 g/mol. The van der Waals surface area contributed by atoms with E-state index < -0.39 is 23.8 Å². The summed E-state index contributed by atoms with van der Waals surface area (Å²) in [6, 6.07) is 28.4. The predicted molar refractivity (Wildman–Crippen MR) is 156 cm³/mol. The highest BCUT2D eigenvalue weighted by Gasteiger charge is 2.23. The first-order valence-corrected chi connectivity index (χ1v) is 12.7. The van der Waals surface area contributed by atoms with Gasteiger partial charge in [-0.15, -0.1) is 0 Å². The number of carbonyl (C=O) groups excluding carboxylic acids is 2. The third-order valence-electron chi connectivity index (χ3n) is 5.90. The van der Waals surface area contributed by atoms with E-state index in [-0.39, 0.29) is 18.8 Å². The number of amides is 2. The standard InChI is InChI=1S/C31H29N5O5/c32-31(33)35-24-15-11-22(12-16-24)29(39)36-27(30(40)34-23-13-9-20(10-14-23)19-28(37)38)18-21-5-4-8-26(17-21)41-25-6-2-1-3-7-25/h1-17,27H,18-19H2,(H,34,40)(H,36,39)(H,37,38)(H4,32,33,35). The fourth-order valence-electron chi connectivity index (χ4n) is 3.99. The van der Waals surface area contributed by atoms with Crippen molar-refractivity contribution in [3.05, 3.63) is 120 Å². The number of carboxylic acid groups (broad SMARTS) is 1. The summed E-state index contributed by atoms with van der Waals surface area (Å²) in [5.41, 5.74) is 13.4. The van der Waals surface area contributed by atoms with Crippen LogP contribution in [0.25, 0.3) is 0 Å². The quantitative estimate of drug-likeness (QED) is 0.139. The molecule has 0 radical (unpaired) electrons. The molecule has 4 rings (SSSR count). The van der Waals surface area contributed by atoms with Crippen LogP contribution in [0.15, 0.2) is 108 Å². The first kappa shape index (κ1) is 28.4. The summed E-state index contributed by atoms with van der Waals surface area (Å²) in [6.07, 6.45) is 0.0447. The molecule has 208 valence electrons. The molecule has 0 fully saturated rings. The first-order chi connectivity index (χ1) is 19.7. The van der Waals surface area contributed by atoms with E-state index in [4.69, 9.17) is 21.3 Å². The van der Waals surface area contributed by atoms with Crippen molar-refractivity contribution in [2.24, 2.45) is 16.5 Å². The van der Waals surface area contributed by atoms with E-state index >= 15 is 0 Å². The summed E-state index contributed by atoms with van der Waals surface area (Å²) in [6.45, 7) is 0. The van der Waals surface area contributed by atoms with Gasteiger partial charge in [-0.2, -0.15) is 0 Å². The van der Waals surface area contributed by atoms with E-state index in [1.54, 1.807) is 54.6 Å². The maximum absolute atomic E-state index is 13.4. The molecule has 10 nitrogen and oxygen atoms in total. The van der Waals surface area contributed by atoms with Crippen molar-refractivity contribution in [3.63, 3.8) is 0 Å². The zero-order valence-corrected chi connectivity index (χ0v) is 22.0. The number of benzene rings is 4. The maximum Gasteiger partial charge on any atom is 0.307 e. The predicted octanol–water partition coefficient (Wildman–Crippen LogP) is 3.99. The van der Waals surface area contributed by atoms with Gasteiger partial charge in [0.2, 0.25) is 5.91 Å². The molecule has 1 unspecified atom stereocenters. The molecule has 0 aliphatic carbocycles. The number of hydrogen-bond donors (Lipinski definition) is 5. The van der Waals surface area contributed by atoms with Crippen molar-refractivity contribution in [1.82, 2.24) is 5.32 Å².